The molecule has 0 aliphatic carbocycles. The topological polar surface area (TPSA) is 52.6 Å². The number of ether oxygens (including phenoxy) is 2. The quantitative estimate of drug-likeness (QED) is 0.534. The molecule has 0 saturated carbocycles. The van der Waals surface area contributed by atoms with Gasteiger partial charge in [-0.2, -0.15) is 0 Å². The third-order valence-corrected chi connectivity index (χ3v) is 1.64. The van der Waals surface area contributed by atoms with Crippen molar-refractivity contribution in [3.8, 4) is 0 Å². The molecule has 0 aromatic rings. The van der Waals surface area contributed by atoms with Crippen LogP contribution < -0.4 is 0 Å². The van der Waals surface area contributed by atoms with E-state index in [1.165, 1.54) is 6.08 Å². The Kier molecular flexibility index (Phi) is 5.78. The van der Waals surface area contributed by atoms with Gasteiger partial charge in [-0.05, 0) is 20.8 Å². The molecule has 0 bridgehead atoms. The van der Waals surface area contributed by atoms with E-state index in [1.54, 1.807) is 27.7 Å². The van der Waals surface area contributed by atoms with E-state index >= 15 is 0 Å². The van der Waals surface area contributed by atoms with Crippen molar-refractivity contribution in [2.75, 3.05) is 6.61 Å². The number of esters is 2. The molecule has 0 heterocycles. The fourth-order valence-electron chi connectivity index (χ4n) is 1.000. The summed E-state index contributed by atoms with van der Waals surface area (Å²) in [5, 5.41) is 0. The van der Waals surface area contributed by atoms with E-state index in [0.717, 1.165) is 0 Å². The molecule has 0 aliphatic heterocycles. The molecule has 0 N–H and O–H groups in total. The van der Waals surface area contributed by atoms with E-state index in [0.29, 0.717) is 0 Å². The van der Waals surface area contributed by atoms with Gasteiger partial charge >= 0.3 is 11.9 Å². The Morgan fingerprint density at radius 1 is 1.38 bits per heavy atom. The van der Waals surface area contributed by atoms with Crippen LogP contribution in [0.1, 0.15) is 34.1 Å². The van der Waals surface area contributed by atoms with Crippen molar-refractivity contribution in [1.82, 2.24) is 0 Å². The van der Waals surface area contributed by atoms with Crippen molar-refractivity contribution in [3.05, 3.63) is 12.7 Å². The minimum atomic E-state index is -0.526. The number of hydrogen-bond acceptors (Lipinski definition) is 4. The van der Waals surface area contributed by atoms with Gasteiger partial charge in [0.25, 0.3) is 0 Å². The number of hydrogen-bond donors (Lipinski definition) is 0. The van der Waals surface area contributed by atoms with Gasteiger partial charge in [-0.25, -0.2) is 0 Å². The van der Waals surface area contributed by atoms with Crippen LogP contribution in [0.2, 0.25) is 0 Å². The molecule has 0 spiro atoms. The summed E-state index contributed by atoms with van der Waals surface area (Å²) < 4.78 is 9.92. The third-order valence-electron chi connectivity index (χ3n) is 1.64. The lowest BCUT2D eigenvalue weighted by Gasteiger charge is -2.20. The van der Waals surface area contributed by atoms with E-state index in [9.17, 15) is 9.59 Å². The van der Waals surface area contributed by atoms with Crippen LogP contribution in [0.25, 0.3) is 0 Å². The number of carbonyl (C=O) groups excluding carboxylic acids is 2. The number of carbonyl (C=O) groups is 2. The first-order chi connectivity index (χ1) is 7.26. The summed E-state index contributed by atoms with van der Waals surface area (Å²) >= 11 is 0. The lowest BCUT2D eigenvalue weighted by Crippen LogP contribution is -2.27. The van der Waals surface area contributed by atoms with E-state index in [1.807, 2.05) is 0 Å². The molecule has 0 aliphatic rings. The second-order valence-corrected chi connectivity index (χ2v) is 4.61. The van der Waals surface area contributed by atoms with Crippen molar-refractivity contribution in [2.24, 2.45) is 5.92 Å². The van der Waals surface area contributed by atoms with Gasteiger partial charge in [0.15, 0.2) is 0 Å². The van der Waals surface area contributed by atoms with Gasteiger partial charge in [-0.15, -0.1) is 0 Å². The summed E-state index contributed by atoms with van der Waals surface area (Å²) in [7, 11) is 0. The maximum absolute atomic E-state index is 11.4. The van der Waals surface area contributed by atoms with Crippen LogP contribution in [-0.4, -0.2) is 24.1 Å². The standard InChI is InChI=1S/C12H20O4/c1-6-7-15-11(14)9(2)8-10(13)16-12(3,4)5/h6,9H,1,7-8H2,2-5H3/t9-/m0/s1. The van der Waals surface area contributed by atoms with Crippen LogP contribution in [0.3, 0.4) is 0 Å². The maximum atomic E-state index is 11.4. The molecule has 16 heavy (non-hydrogen) atoms. The molecule has 4 nitrogen and oxygen atoms in total. The molecular weight excluding hydrogens is 208 g/mol. The Labute approximate surface area is 96.6 Å². The second-order valence-electron chi connectivity index (χ2n) is 4.61. The summed E-state index contributed by atoms with van der Waals surface area (Å²) in [6, 6.07) is 0. The molecule has 0 fully saturated rings. The lowest BCUT2D eigenvalue weighted by molar-refractivity contribution is -0.160. The average Bonchev–Trinajstić information content (AvgIpc) is 2.10. The first-order valence-electron chi connectivity index (χ1n) is 5.25. The molecule has 0 aromatic heterocycles. The molecule has 0 unspecified atom stereocenters. The third kappa shape index (κ3) is 7.04. The van der Waals surface area contributed by atoms with Gasteiger partial charge in [0, 0.05) is 0 Å². The van der Waals surface area contributed by atoms with Crippen molar-refractivity contribution in [2.45, 2.75) is 39.7 Å². The molecule has 0 saturated heterocycles. The highest BCUT2D eigenvalue weighted by Gasteiger charge is 2.22. The SMILES string of the molecule is C=CCOC(=O)[C@@H](C)CC(=O)OC(C)(C)C. The summed E-state index contributed by atoms with van der Waals surface area (Å²) in [6.45, 7) is 10.6. The van der Waals surface area contributed by atoms with Gasteiger partial charge in [0.1, 0.15) is 12.2 Å². The zero-order chi connectivity index (χ0) is 12.8. The Morgan fingerprint density at radius 2 is 1.94 bits per heavy atom. The molecule has 92 valence electrons. The Hall–Kier alpha value is -1.32. The smallest absolute Gasteiger partial charge is 0.309 e. The van der Waals surface area contributed by atoms with Crippen molar-refractivity contribution in [3.63, 3.8) is 0 Å². The zero-order valence-electron chi connectivity index (χ0n) is 10.4. The lowest BCUT2D eigenvalue weighted by atomic mass is 10.1. The maximum Gasteiger partial charge on any atom is 0.309 e. The summed E-state index contributed by atoms with van der Waals surface area (Å²) in [5.41, 5.74) is -0.526. The Morgan fingerprint density at radius 3 is 2.38 bits per heavy atom. The Bertz CT molecular complexity index is 263. The van der Waals surface area contributed by atoms with Gasteiger partial charge in [-0.3, -0.25) is 9.59 Å². The van der Waals surface area contributed by atoms with Crippen LogP contribution in [-0.2, 0) is 19.1 Å². The predicted octanol–water partition coefficient (Wildman–Crippen LogP) is 2.08. The predicted molar refractivity (Wildman–Crippen MR) is 60.8 cm³/mol. The minimum absolute atomic E-state index is 0.0350. The van der Waals surface area contributed by atoms with Crippen LogP contribution >= 0.6 is 0 Å². The van der Waals surface area contributed by atoms with Crippen LogP contribution in [0, 0.1) is 5.92 Å². The molecular formula is C12H20O4. The van der Waals surface area contributed by atoms with Crippen LogP contribution in [0.5, 0.6) is 0 Å². The van der Waals surface area contributed by atoms with Crippen molar-refractivity contribution < 1.29 is 19.1 Å². The van der Waals surface area contributed by atoms with E-state index in [4.69, 9.17) is 9.47 Å². The number of rotatable bonds is 5. The summed E-state index contributed by atoms with van der Waals surface area (Å²) in [4.78, 5) is 22.7. The minimum Gasteiger partial charge on any atom is -0.461 e. The van der Waals surface area contributed by atoms with Crippen LogP contribution in [0.15, 0.2) is 12.7 Å². The summed E-state index contributed by atoms with van der Waals surface area (Å²) in [6.07, 6.45) is 1.52. The highest BCUT2D eigenvalue weighted by molar-refractivity contribution is 5.79. The van der Waals surface area contributed by atoms with Gasteiger partial charge in [0.2, 0.25) is 0 Å². The van der Waals surface area contributed by atoms with Gasteiger partial charge in [0.05, 0.1) is 12.3 Å². The van der Waals surface area contributed by atoms with Gasteiger partial charge < -0.3 is 9.47 Å². The highest BCUT2D eigenvalue weighted by Crippen LogP contribution is 2.12. The van der Waals surface area contributed by atoms with Crippen LogP contribution in [0.4, 0.5) is 0 Å². The fourth-order valence-corrected chi connectivity index (χ4v) is 1.000. The Balaban J connectivity index is 4.04. The second kappa shape index (κ2) is 6.30. The van der Waals surface area contributed by atoms with E-state index in [2.05, 4.69) is 6.58 Å². The molecule has 0 amide bonds. The summed E-state index contributed by atoms with van der Waals surface area (Å²) in [5.74, 6) is -1.30. The fraction of sp³-hybridized carbons (Fsp3) is 0.667. The molecule has 0 rings (SSSR count). The normalized spacial score (nSPS) is 12.8. The largest absolute Gasteiger partial charge is 0.461 e. The van der Waals surface area contributed by atoms with Crippen molar-refractivity contribution >= 4 is 11.9 Å². The molecule has 1 atom stereocenters. The van der Waals surface area contributed by atoms with Crippen molar-refractivity contribution in [1.29, 1.82) is 0 Å². The average molecular weight is 228 g/mol. The van der Waals surface area contributed by atoms with E-state index in [-0.39, 0.29) is 13.0 Å². The molecule has 0 radical (unpaired) electrons. The molecule has 4 heteroatoms. The highest BCUT2D eigenvalue weighted by atomic mass is 16.6. The zero-order valence-corrected chi connectivity index (χ0v) is 10.4. The molecule has 0 aromatic carbocycles. The first-order valence-corrected chi connectivity index (χ1v) is 5.25. The van der Waals surface area contributed by atoms with Gasteiger partial charge in [-0.1, -0.05) is 19.6 Å². The monoisotopic (exact) mass is 228 g/mol. The van der Waals surface area contributed by atoms with E-state index < -0.39 is 23.5 Å². The first kappa shape index (κ1) is 14.7.